The first-order valence-electron chi connectivity index (χ1n) is 9.23. The van der Waals surface area contributed by atoms with Gasteiger partial charge in [-0.05, 0) is 56.5 Å². The van der Waals surface area contributed by atoms with Crippen molar-refractivity contribution >= 4 is 5.91 Å². The Bertz CT molecular complexity index is 292. The summed E-state index contributed by atoms with van der Waals surface area (Å²) in [5.74, 6) is 2.19. The molecule has 0 aromatic rings. The minimum atomic E-state index is 0.273. The second-order valence-electron chi connectivity index (χ2n) is 7.30. The molecule has 0 aromatic heterocycles. The molecular formula is C18H34N2O. The first-order valence-corrected chi connectivity index (χ1v) is 9.23. The summed E-state index contributed by atoms with van der Waals surface area (Å²) in [5, 5.41) is 6.67. The van der Waals surface area contributed by atoms with Crippen LogP contribution in [0, 0.1) is 17.8 Å². The van der Waals surface area contributed by atoms with E-state index in [1.165, 1.54) is 57.8 Å². The quantitative estimate of drug-likeness (QED) is 0.815. The number of rotatable bonds is 5. The van der Waals surface area contributed by atoms with Crippen molar-refractivity contribution in [1.29, 1.82) is 0 Å². The lowest BCUT2D eigenvalue weighted by Gasteiger charge is -2.28. The van der Waals surface area contributed by atoms with E-state index >= 15 is 0 Å². The second kappa shape index (κ2) is 9.45. The Kier molecular flexibility index (Phi) is 7.56. The van der Waals surface area contributed by atoms with Gasteiger partial charge in [0, 0.05) is 13.0 Å². The zero-order valence-electron chi connectivity index (χ0n) is 13.8. The van der Waals surface area contributed by atoms with Crippen LogP contribution in [0.1, 0.15) is 71.1 Å². The van der Waals surface area contributed by atoms with Gasteiger partial charge in [0.1, 0.15) is 0 Å². The molecule has 2 atom stereocenters. The van der Waals surface area contributed by atoms with E-state index in [9.17, 15) is 4.79 Å². The molecule has 1 saturated carbocycles. The summed E-state index contributed by atoms with van der Waals surface area (Å²) in [6, 6.07) is 0. The van der Waals surface area contributed by atoms with Crippen molar-refractivity contribution in [3.05, 3.63) is 0 Å². The molecule has 1 heterocycles. The number of nitrogens with one attached hydrogen (secondary N) is 2. The lowest BCUT2D eigenvalue weighted by Crippen LogP contribution is -2.36. The summed E-state index contributed by atoms with van der Waals surface area (Å²) >= 11 is 0. The van der Waals surface area contributed by atoms with Crippen molar-refractivity contribution < 1.29 is 4.79 Å². The molecule has 0 spiro atoms. The molecule has 0 aromatic carbocycles. The number of hydrogen-bond donors (Lipinski definition) is 2. The molecule has 21 heavy (non-hydrogen) atoms. The summed E-state index contributed by atoms with van der Waals surface area (Å²) in [5.41, 5.74) is 0. The van der Waals surface area contributed by atoms with E-state index in [0.29, 0.717) is 18.3 Å². The number of carbonyl (C=O) groups excluding carboxylic acids is 1. The first-order chi connectivity index (χ1) is 10.3. The molecule has 1 aliphatic carbocycles. The van der Waals surface area contributed by atoms with Crippen molar-refractivity contribution in [2.45, 2.75) is 71.1 Å². The van der Waals surface area contributed by atoms with Gasteiger partial charge in [-0.2, -0.15) is 0 Å². The number of piperidine rings is 1. The van der Waals surface area contributed by atoms with Crippen molar-refractivity contribution in [3.8, 4) is 0 Å². The van der Waals surface area contributed by atoms with Crippen LogP contribution in [-0.2, 0) is 4.79 Å². The lowest BCUT2D eigenvalue weighted by molar-refractivity contribution is -0.122. The Labute approximate surface area is 130 Å². The predicted octanol–water partition coefficient (Wildman–Crippen LogP) is 3.49. The predicted molar refractivity (Wildman–Crippen MR) is 88.2 cm³/mol. The van der Waals surface area contributed by atoms with Gasteiger partial charge in [-0.3, -0.25) is 4.79 Å². The molecular weight excluding hydrogens is 260 g/mol. The Morgan fingerprint density at radius 1 is 1.10 bits per heavy atom. The smallest absolute Gasteiger partial charge is 0.220 e. The van der Waals surface area contributed by atoms with Crippen LogP contribution >= 0.6 is 0 Å². The highest BCUT2D eigenvalue weighted by atomic mass is 16.1. The fourth-order valence-electron chi connectivity index (χ4n) is 3.90. The fraction of sp³-hybridized carbons (Fsp3) is 0.944. The summed E-state index contributed by atoms with van der Waals surface area (Å²) in [7, 11) is 0. The van der Waals surface area contributed by atoms with E-state index < -0.39 is 0 Å². The molecule has 2 fully saturated rings. The molecule has 3 heteroatoms. The van der Waals surface area contributed by atoms with Crippen LogP contribution in [0.4, 0.5) is 0 Å². The normalized spacial score (nSPS) is 26.6. The maximum atomic E-state index is 12.2. The van der Waals surface area contributed by atoms with Crippen LogP contribution < -0.4 is 10.6 Å². The molecule has 1 amide bonds. The zero-order chi connectivity index (χ0) is 14.9. The average Bonchev–Trinajstić information content (AvgIpc) is 2.47. The van der Waals surface area contributed by atoms with E-state index in [2.05, 4.69) is 17.6 Å². The molecule has 122 valence electrons. The van der Waals surface area contributed by atoms with Gasteiger partial charge in [-0.1, -0.05) is 39.0 Å². The minimum absolute atomic E-state index is 0.273. The van der Waals surface area contributed by atoms with Crippen LogP contribution in [0.3, 0.4) is 0 Å². The Balaban J connectivity index is 1.63. The lowest BCUT2D eigenvalue weighted by atomic mass is 9.85. The van der Waals surface area contributed by atoms with Gasteiger partial charge in [-0.15, -0.1) is 0 Å². The highest BCUT2D eigenvalue weighted by Crippen LogP contribution is 2.23. The van der Waals surface area contributed by atoms with Gasteiger partial charge in [0.2, 0.25) is 5.91 Å². The molecule has 2 aliphatic rings. The molecule has 3 nitrogen and oxygen atoms in total. The second-order valence-corrected chi connectivity index (χ2v) is 7.30. The third-order valence-corrected chi connectivity index (χ3v) is 5.46. The van der Waals surface area contributed by atoms with Crippen LogP contribution in [0.15, 0.2) is 0 Å². The van der Waals surface area contributed by atoms with E-state index in [0.717, 1.165) is 25.6 Å². The van der Waals surface area contributed by atoms with Gasteiger partial charge in [-0.25, -0.2) is 0 Å². The molecule has 2 rings (SSSR count). The van der Waals surface area contributed by atoms with Gasteiger partial charge < -0.3 is 10.6 Å². The van der Waals surface area contributed by atoms with Gasteiger partial charge >= 0.3 is 0 Å². The van der Waals surface area contributed by atoms with E-state index in [4.69, 9.17) is 0 Å². The summed E-state index contributed by atoms with van der Waals surface area (Å²) < 4.78 is 0. The maximum Gasteiger partial charge on any atom is 0.220 e. The molecule has 2 N–H and O–H groups in total. The largest absolute Gasteiger partial charge is 0.356 e. The Morgan fingerprint density at radius 3 is 2.48 bits per heavy atom. The first kappa shape index (κ1) is 16.8. The topological polar surface area (TPSA) is 41.1 Å². The Morgan fingerprint density at radius 2 is 1.81 bits per heavy atom. The highest BCUT2D eigenvalue weighted by Gasteiger charge is 2.22. The summed E-state index contributed by atoms with van der Waals surface area (Å²) in [6.45, 7) is 5.40. The molecule has 1 aliphatic heterocycles. The maximum absolute atomic E-state index is 12.2. The minimum Gasteiger partial charge on any atom is -0.356 e. The van der Waals surface area contributed by atoms with Crippen molar-refractivity contribution in [2.24, 2.45) is 17.8 Å². The standard InChI is InChI=1S/C18H34N2O/c1-15(17-10-7-11-19-14-17)12-18(21)20-13-16-8-5-3-2-4-6-9-16/h15-17,19H,2-14H2,1H3,(H,20,21). The third kappa shape index (κ3) is 6.37. The Hall–Kier alpha value is -0.570. The highest BCUT2D eigenvalue weighted by molar-refractivity contribution is 5.76. The van der Waals surface area contributed by atoms with Gasteiger partial charge in [0.25, 0.3) is 0 Å². The van der Waals surface area contributed by atoms with Crippen LogP contribution in [0.25, 0.3) is 0 Å². The van der Waals surface area contributed by atoms with Crippen LogP contribution in [0.2, 0.25) is 0 Å². The zero-order valence-corrected chi connectivity index (χ0v) is 13.8. The third-order valence-electron chi connectivity index (χ3n) is 5.46. The summed E-state index contributed by atoms with van der Waals surface area (Å²) in [4.78, 5) is 12.2. The number of hydrogen-bond acceptors (Lipinski definition) is 2. The fourth-order valence-corrected chi connectivity index (χ4v) is 3.90. The van der Waals surface area contributed by atoms with Crippen molar-refractivity contribution in [2.75, 3.05) is 19.6 Å². The van der Waals surface area contributed by atoms with E-state index in [1.54, 1.807) is 0 Å². The van der Waals surface area contributed by atoms with Crippen molar-refractivity contribution in [1.82, 2.24) is 10.6 Å². The molecule has 0 radical (unpaired) electrons. The average molecular weight is 294 g/mol. The number of amides is 1. The van der Waals surface area contributed by atoms with Gasteiger partial charge in [0.15, 0.2) is 0 Å². The van der Waals surface area contributed by atoms with E-state index in [-0.39, 0.29) is 5.91 Å². The molecule has 2 unspecified atom stereocenters. The van der Waals surface area contributed by atoms with Gasteiger partial charge in [0.05, 0.1) is 0 Å². The SMILES string of the molecule is CC(CC(=O)NCC1CCCCCCC1)C1CCCNC1. The summed E-state index contributed by atoms with van der Waals surface area (Å²) in [6.07, 6.45) is 12.8. The van der Waals surface area contributed by atoms with Crippen LogP contribution in [0.5, 0.6) is 0 Å². The van der Waals surface area contributed by atoms with E-state index in [1.807, 2.05) is 0 Å². The number of carbonyl (C=O) groups is 1. The molecule has 1 saturated heterocycles. The van der Waals surface area contributed by atoms with Crippen molar-refractivity contribution in [3.63, 3.8) is 0 Å². The molecule has 0 bridgehead atoms. The monoisotopic (exact) mass is 294 g/mol. The van der Waals surface area contributed by atoms with Crippen LogP contribution in [-0.4, -0.2) is 25.5 Å².